The summed E-state index contributed by atoms with van der Waals surface area (Å²) in [6.07, 6.45) is 1.48. The van der Waals surface area contributed by atoms with Crippen molar-refractivity contribution in [1.29, 1.82) is 0 Å². The molecule has 0 saturated carbocycles. The molecule has 0 aliphatic heterocycles. The highest BCUT2D eigenvalue weighted by Gasteiger charge is 2.23. The fraction of sp³-hybridized carbons (Fsp3) is 0.208. The van der Waals surface area contributed by atoms with Crippen LogP contribution in [-0.4, -0.2) is 31.3 Å². The minimum absolute atomic E-state index is 0. The molecule has 0 amide bonds. The monoisotopic (exact) mass is 488 g/mol. The number of nitrogens with zero attached hydrogens (tertiary/aromatic N) is 3. The predicted octanol–water partition coefficient (Wildman–Crippen LogP) is 4.84. The van der Waals surface area contributed by atoms with Crippen molar-refractivity contribution in [2.24, 2.45) is 0 Å². The Balaban J connectivity index is 0.00000324. The van der Waals surface area contributed by atoms with Crippen LogP contribution >= 0.6 is 12.4 Å². The summed E-state index contributed by atoms with van der Waals surface area (Å²) in [5, 5.41) is 13.7. The van der Waals surface area contributed by atoms with Crippen LogP contribution in [0.15, 0.2) is 65.6 Å². The van der Waals surface area contributed by atoms with Crippen molar-refractivity contribution in [3.63, 3.8) is 0 Å². The maximum Gasteiger partial charge on any atom is 0.299 e. The number of rotatable bonds is 6. The molecular formula is C24H23ClF2N4O3. The fourth-order valence-corrected chi connectivity index (χ4v) is 3.06. The highest BCUT2D eigenvalue weighted by molar-refractivity contribution is 5.85. The summed E-state index contributed by atoms with van der Waals surface area (Å²) in [6.45, 7) is 5.06. The van der Waals surface area contributed by atoms with Crippen LogP contribution in [0.3, 0.4) is 0 Å². The first-order valence-corrected chi connectivity index (χ1v) is 10.2. The van der Waals surface area contributed by atoms with Crippen LogP contribution in [0.5, 0.6) is 11.5 Å². The van der Waals surface area contributed by atoms with Crippen LogP contribution in [-0.2, 0) is 0 Å². The van der Waals surface area contributed by atoms with E-state index in [1.54, 1.807) is 26.8 Å². The number of aromatic nitrogens is 3. The van der Waals surface area contributed by atoms with E-state index in [4.69, 9.17) is 4.74 Å². The Bertz CT molecular complexity index is 1370. The Morgan fingerprint density at radius 2 is 1.76 bits per heavy atom. The third kappa shape index (κ3) is 5.16. The molecule has 2 aromatic carbocycles. The Morgan fingerprint density at radius 1 is 1.09 bits per heavy atom. The van der Waals surface area contributed by atoms with E-state index in [1.165, 1.54) is 59.3 Å². The summed E-state index contributed by atoms with van der Waals surface area (Å²) < 4.78 is 34.5. The highest BCUT2D eigenvalue weighted by atomic mass is 35.5. The summed E-state index contributed by atoms with van der Waals surface area (Å²) in [5.41, 5.74) is -1.09. The lowest BCUT2D eigenvalue weighted by atomic mass is 10.0. The minimum atomic E-state index is -1.05. The molecule has 0 radical (unpaired) electrons. The number of benzene rings is 2. The number of ether oxygens (including phenoxy) is 1. The largest absolute Gasteiger partial charge is 0.448 e. The number of fused-ring (bicyclic) bond motifs is 1. The Morgan fingerprint density at radius 3 is 2.41 bits per heavy atom. The SMILES string of the molecule is CC(Nc1ncc2cc(Oc3ccccc3F)c(=O)n(-c3ccc(F)cc3)c2n1)C(C)(C)O.Cl. The molecule has 178 valence electrons. The van der Waals surface area contributed by atoms with Crippen molar-refractivity contribution in [2.75, 3.05) is 5.32 Å². The number of aliphatic hydroxyl groups is 1. The zero-order valence-electron chi connectivity index (χ0n) is 18.6. The topological polar surface area (TPSA) is 89.3 Å². The predicted molar refractivity (Wildman–Crippen MR) is 128 cm³/mol. The highest BCUT2D eigenvalue weighted by Crippen LogP contribution is 2.26. The van der Waals surface area contributed by atoms with Crippen LogP contribution in [0, 0.1) is 11.6 Å². The molecule has 0 aliphatic carbocycles. The van der Waals surface area contributed by atoms with Gasteiger partial charge in [-0.05, 0) is 63.2 Å². The van der Waals surface area contributed by atoms with Gasteiger partial charge in [-0.25, -0.2) is 13.8 Å². The van der Waals surface area contributed by atoms with Crippen molar-refractivity contribution in [3.05, 3.63) is 82.8 Å². The lowest BCUT2D eigenvalue weighted by Gasteiger charge is -2.26. The van der Waals surface area contributed by atoms with E-state index < -0.39 is 28.8 Å². The maximum absolute atomic E-state index is 14.1. The van der Waals surface area contributed by atoms with Gasteiger partial charge in [0.2, 0.25) is 5.95 Å². The average Bonchev–Trinajstić information content (AvgIpc) is 2.76. The summed E-state index contributed by atoms with van der Waals surface area (Å²) in [7, 11) is 0. The molecule has 0 saturated heterocycles. The number of pyridine rings is 1. The van der Waals surface area contributed by atoms with Crippen LogP contribution in [0.1, 0.15) is 20.8 Å². The lowest BCUT2D eigenvalue weighted by molar-refractivity contribution is 0.0646. The van der Waals surface area contributed by atoms with Crippen LogP contribution in [0.2, 0.25) is 0 Å². The van der Waals surface area contributed by atoms with E-state index >= 15 is 0 Å². The van der Waals surface area contributed by atoms with E-state index in [1.807, 2.05) is 0 Å². The molecule has 2 heterocycles. The Labute approximate surface area is 200 Å². The van der Waals surface area contributed by atoms with E-state index in [-0.39, 0.29) is 35.5 Å². The molecule has 2 aromatic heterocycles. The van der Waals surface area contributed by atoms with Gasteiger partial charge in [-0.1, -0.05) is 12.1 Å². The van der Waals surface area contributed by atoms with E-state index in [0.29, 0.717) is 11.1 Å². The van der Waals surface area contributed by atoms with Crippen molar-refractivity contribution in [2.45, 2.75) is 32.4 Å². The normalized spacial score (nSPS) is 12.2. The lowest BCUT2D eigenvalue weighted by Crippen LogP contribution is -2.39. The molecule has 2 N–H and O–H groups in total. The van der Waals surface area contributed by atoms with Gasteiger partial charge in [-0.15, -0.1) is 12.4 Å². The number of para-hydroxylation sites is 1. The van der Waals surface area contributed by atoms with Gasteiger partial charge in [0.15, 0.2) is 23.0 Å². The fourth-order valence-electron chi connectivity index (χ4n) is 3.06. The Kier molecular flexibility index (Phi) is 7.18. The van der Waals surface area contributed by atoms with Crippen molar-refractivity contribution < 1.29 is 18.6 Å². The first-order chi connectivity index (χ1) is 15.6. The van der Waals surface area contributed by atoms with Crippen LogP contribution in [0.4, 0.5) is 14.7 Å². The van der Waals surface area contributed by atoms with E-state index in [9.17, 15) is 18.7 Å². The summed E-state index contributed by atoms with van der Waals surface area (Å²) in [6, 6.07) is 12.0. The van der Waals surface area contributed by atoms with E-state index in [2.05, 4.69) is 15.3 Å². The second kappa shape index (κ2) is 9.74. The quantitative estimate of drug-likeness (QED) is 0.403. The standard InChI is InChI=1S/C24H22F2N4O3.ClH/c1-14(24(2,3)32)28-23-27-13-15-12-20(33-19-7-5-4-6-18(19)26)22(31)30(21(15)29-23)17-10-8-16(25)9-11-17;/h4-14,32H,1-3H3,(H,27,28,29);1H. The molecule has 1 atom stereocenters. The number of halogens is 3. The average molecular weight is 489 g/mol. The van der Waals surface area contributed by atoms with Gasteiger partial charge in [0.05, 0.1) is 17.3 Å². The van der Waals surface area contributed by atoms with Crippen molar-refractivity contribution >= 4 is 29.4 Å². The van der Waals surface area contributed by atoms with E-state index in [0.717, 1.165) is 0 Å². The Hall–Kier alpha value is -3.56. The third-order valence-electron chi connectivity index (χ3n) is 5.25. The molecule has 7 nitrogen and oxygen atoms in total. The molecule has 34 heavy (non-hydrogen) atoms. The van der Waals surface area contributed by atoms with Crippen LogP contribution < -0.4 is 15.6 Å². The maximum atomic E-state index is 14.1. The third-order valence-corrected chi connectivity index (χ3v) is 5.25. The van der Waals surface area contributed by atoms with Gasteiger partial charge in [-0.3, -0.25) is 9.36 Å². The zero-order valence-corrected chi connectivity index (χ0v) is 19.4. The minimum Gasteiger partial charge on any atom is -0.448 e. The van der Waals surface area contributed by atoms with Gasteiger partial charge in [0, 0.05) is 11.6 Å². The molecule has 0 bridgehead atoms. The van der Waals surface area contributed by atoms with Gasteiger partial charge >= 0.3 is 0 Å². The van der Waals surface area contributed by atoms with Crippen molar-refractivity contribution in [3.8, 4) is 17.2 Å². The molecule has 10 heteroatoms. The van der Waals surface area contributed by atoms with Crippen LogP contribution in [0.25, 0.3) is 16.7 Å². The number of hydrogen-bond donors (Lipinski definition) is 2. The summed E-state index contributed by atoms with van der Waals surface area (Å²) in [5.74, 6) is -1.16. The molecule has 0 spiro atoms. The molecule has 0 fully saturated rings. The van der Waals surface area contributed by atoms with Gasteiger partial charge in [0.25, 0.3) is 5.56 Å². The van der Waals surface area contributed by atoms with Gasteiger partial charge < -0.3 is 15.2 Å². The number of nitrogens with one attached hydrogen (secondary N) is 1. The first kappa shape index (κ1) is 25.1. The van der Waals surface area contributed by atoms with Crippen molar-refractivity contribution in [1.82, 2.24) is 14.5 Å². The molecular weight excluding hydrogens is 466 g/mol. The first-order valence-electron chi connectivity index (χ1n) is 10.2. The zero-order chi connectivity index (χ0) is 23.8. The van der Waals surface area contributed by atoms with Gasteiger partial charge in [-0.2, -0.15) is 4.98 Å². The summed E-state index contributed by atoms with van der Waals surface area (Å²) in [4.78, 5) is 22.1. The number of anilines is 1. The second-order valence-electron chi connectivity index (χ2n) is 8.15. The molecule has 1 unspecified atom stereocenters. The molecule has 4 aromatic rings. The second-order valence-corrected chi connectivity index (χ2v) is 8.15. The van der Waals surface area contributed by atoms with Gasteiger partial charge in [0.1, 0.15) is 5.82 Å². The number of hydrogen-bond acceptors (Lipinski definition) is 6. The summed E-state index contributed by atoms with van der Waals surface area (Å²) >= 11 is 0. The molecule has 0 aliphatic rings. The smallest absolute Gasteiger partial charge is 0.299 e. The molecule has 4 rings (SSSR count).